The Morgan fingerprint density at radius 3 is 2.00 bits per heavy atom. The lowest BCUT2D eigenvalue weighted by molar-refractivity contribution is -0.121. The molecule has 25 heavy (non-hydrogen) atoms. The number of rotatable bonds is 4. The van der Waals surface area contributed by atoms with E-state index in [9.17, 15) is 14.4 Å². The number of benzene rings is 2. The molecular formula is C19H17BrN2O3. The van der Waals surface area contributed by atoms with Gasteiger partial charge in [0.1, 0.15) is 6.67 Å². The lowest BCUT2D eigenvalue weighted by atomic mass is 10.1. The van der Waals surface area contributed by atoms with Crippen LogP contribution < -0.4 is 4.90 Å². The van der Waals surface area contributed by atoms with Gasteiger partial charge in [0.2, 0.25) is 5.91 Å². The summed E-state index contributed by atoms with van der Waals surface area (Å²) in [6.45, 7) is 3.47. The summed E-state index contributed by atoms with van der Waals surface area (Å²) in [5.41, 5.74) is 1.39. The van der Waals surface area contributed by atoms with E-state index in [-0.39, 0.29) is 30.3 Å². The number of halogens is 1. The Balaban J connectivity index is 1.94. The van der Waals surface area contributed by atoms with Gasteiger partial charge in [-0.3, -0.25) is 24.2 Å². The van der Waals surface area contributed by atoms with Gasteiger partial charge in [-0.1, -0.05) is 41.9 Å². The van der Waals surface area contributed by atoms with E-state index in [1.165, 1.54) is 4.90 Å². The SMILES string of the molecule is CC(C)C(=O)N(CN1C(=O)c2ccccc2C1=O)c1ccc(Br)cc1. The summed E-state index contributed by atoms with van der Waals surface area (Å²) in [4.78, 5) is 40.4. The first kappa shape index (κ1) is 17.4. The van der Waals surface area contributed by atoms with Crippen molar-refractivity contribution in [2.45, 2.75) is 13.8 Å². The van der Waals surface area contributed by atoms with Crippen molar-refractivity contribution >= 4 is 39.3 Å². The minimum Gasteiger partial charge on any atom is -0.293 e. The van der Waals surface area contributed by atoms with Crippen molar-refractivity contribution in [3.05, 3.63) is 64.1 Å². The Labute approximate surface area is 154 Å². The first-order chi connectivity index (χ1) is 11.9. The summed E-state index contributed by atoms with van der Waals surface area (Å²) in [6.07, 6.45) is 0. The number of anilines is 1. The number of fused-ring (bicyclic) bond motifs is 1. The molecule has 0 saturated heterocycles. The molecule has 0 N–H and O–H groups in total. The minimum absolute atomic E-state index is 0.106. The van der Waals surface area contributed by atoms with Gasteiger partial charge in [0.05, 0.1) is 11.1 Å². The molecule has 6 heteroatoms. The Morgan fingerprint density at radius 1 is 1.00 bits per heavy atom. The average Bonchev–Trinajstić information content (AvgIpc) is 2.85. The first-order valence-electron chi connectivity index (χ1n) is 7.92. The lowest BCUT2D eigenvalue weighted by Gasteiger charge is -2.28. The molecule has 2 aromatic rings. The van der Waals surface area contributed by atoms with E-state index in [4.69, 9.17) is 0 Å². The van der Waals surface area contributed by atoms with Gasteiger partial charge in [0.15, 0.2) is 0 Å². The van der Waals surface area contributed by atoms with Crippen LogP contribution >= 0.6 is 15.9 Å². The number of hydrogen-bond acceptors (Lipinski definition) is 3. The Bertz CT molecular complexity index is 811. The summed E-state index contributed by atoms with van der Waals surface area (Å²) in [6, 6.07) is 13.9. The maximum atomic E-state index is 12.7. The molecule has 5 nitrogen and oxygen atoms in total. The second kappa shape index (κ2) is 6.80. The second-order valence-corrected chi connectivity index (χ2v) is 7.04. The molecule has 0 aromatic heterocycles. The minimum atomic E-state index is -0.376. The zero-order valence-corrected chi connectivity index (χ0v) is 15.5. The summed E-state index contributed by atoms with van der Waals surface area (Å²) in [7, 11) is 0. The zero-order chi connectivity index (χ0) is 18.1. The highest BCUT2D eigenvalue weighted by Gasteiger charge is 2.37. The third-order valence-corrected chi connectivity index (χ3v) is 4.59. The van der Waals surface area contributed by atoms with Crippen LogP contribution in [0.4, 0.5) is 5.69 Å². The molecule has 0 bridgehead atoms. The van der Waals surface area contributed by atoms with Crippen molar-refractivity contribution in [2.75, 3.05) is 11.6 Å². The fourth-order valence-corrected chi connectivity index (χ4v) is 2.98. The van der Waals surface area contributed by atoms with E-state index in [0.29, 0.717) is 16.8 Å². The van der Waals surface area contributed by atoms with Crippen molar-refractivity contribution in [1.29, 1.82) is 0 Å². The predicted molar refractivity (Wildman–Crippen MR) is 98.3 cm³/mol. The summed E-state index contributed by atoms with van der Waals surface area (Å²) in [5, 5.41) is 0. The van der Waals surface area contributed by atoms with Crippen LogP contribution in [0.1, 0.15) is 34.6 Å². The molecule has 3 amide bonds. The quantitative estimate of drug-likeness (QED) is 0.735. The molecule has 0 radical (unpaired) electrons. The van der Waals surface area contributed by atoms with Gasteiger partial charge >= 0.3 is 0 Å². The normalized spacial score (nSPS) is 13.4. The molecule has 0 spiro atoms. The smallest absolute Gasteiger partial charge is 0.263 e. The number of nitrogens with zero attached hydrogens (tertiary/aromatic N) is 2. The van der Waals surface area contributed by atoms with Crippen LogP contribution in [0.3, 0.4) is 0 Å². The molecule has 0 atom stereocenters. The number of carbonyl (C=O) groups excluding carboxylic acids is 3. The highest BCUT2D eigenvalue weighted by atomic mass is 79.9. The van der Waals surface area contributed by atoms with Crippen LogP contribution in [0.2, 0.25) is 0 Å². The van der Waals surface area contributed by atoms with Gasteiger partial charge in [0.25, 0.3) is 11.8 Å². The Hall–Kier alpha value is -2.47. The van der Waals surface area contributed by atoms with E-state index in [1.54, 1.807) is 50.2 Å². The summed E-state index contributed by atoms with van der Waals surface area (Å²) < 4.78 is 0.883. The topological polar surface area (TPSA) is 57.7 Å². The highest BCUT2D eigenvalue weighted by Crippen LogP contribution is 2.26. The maximum absolute atomic E-state index is 12.7. The lowest BCUT2D eigenvalue weighted by Crippen LogP contribution is -2.45. The van der Waals surface area contributed by atoms with Crippen molar-refractivity contribution in [3.8, 4) is 0 Å². The van der Waals surface area contributed by atoms with Crippen molar-refractivity contribution in [3.63, 3.8) is 0 Å². The maximum Gasteiger partial charge on any atom is 0.263 e. The van der Waals surface area contributed by atoms with Crippen LogP contribution in [0.5, 0.6) is 0 Å². The van der Waals surface area contributed by atoms with Crippen LogP contribution in [0.15, 0.2) is 53.0 Å². The van der Waals surface area contributed by atoms with Crippen LogP contribution in [0, 0.1) is 5.92 Å². The molecule has 1 aliphatic rings. The van der Waals surface area contributed by atoms with Gasteiger partial charge in [0, 0.05) is 16.1 Å². The van der Waals surface area contributed by atoms with Crippen LogP contribution in [-0.2, 0) is 4.79 Å². The molecule has 128 valence electrons. The monoisotopic (exact) mass is 400 g/mol. The Kier molecular flexibility index (Phi) is 4.72. The molecule has 1 heterocycles. The number of imide groups is 1. The molecule has 0 fully saturated rings. The fourth-order valence-electron chi connectivity index (χ4n) is 2.72. The molecule has 0 unspecified atom stereocenters. The standard InChI is InChI=1S/C19H17BrN2O3/c1-12(2)17(23)21(14-9-7-13(20)8-10-14)11-22-18(24)15-5-3-4-6-16(15)19(22)25/h3-10,12H,11H2,1-2H3. The van der Waals surface area contributed by atoms with Gasteiger partial charge in [-0.25, -0.2) is 0 Å². The van der Waals surface area contributed by atoms with E-state index in [1.807, 2.05) is 12.1 Å². The van der Waals surface area contributed by atoms with E-state index < -0.39 is 0 Å². The number of amides is 3. The molecule has 2 aromatic carbocycles. The van der Waals surface area contributed by atoms with Crippen molar-refractivity contribution in [1.82, 2.24) is 4.90 Å². The van der Waals surface area contributed by atoms with Gasteiger partial charge in [-0.2, -0.15) is 0 Å². The molecule has 0 aliphatic carbocycles. The Morgan fingerprint density at radius 2 is 1.52 bits per heavy atom. The third-order valence-electron chi connectivity index (χ3n) is 4.06. The van der Waals surface area contributed by atoms with Crippen molar-refractivity contribution in [2.24, 2.45) is 5.92 Å². The van der Waals surface area contributed by atoms with Gasteiger partial charge in [-0.15, -0.1) is 0 Å². The van der Waals surface area contributed by atoms with E-state index >= 15 is 0 Å². The van der Waals surface area contributed by atoms with Crippen molar-refractivity contribution < 1.29 is 14.4 Å². The average molecular weight is 401 g/mol. The molecule has 1 aliphatic heterocycles. The molecule has 0 saturated carbocycles. The van der Waals surface area contributed by atoms with Crippen LogP contribution in [0.25, 0.3) is 0 Å². The van der Waals surface area contributed by atoms with Gasteiger partial charge in [-0.05, 0) is 36.4 Å². The number of hydrogen-bond donors (Lipinski definition) is 0. The zero-order valence-electron chi connectivity index (χ0n) is 13.9. The summed E-state index contributed by atoms with van der Waals surface area (Å²) >= 11 is 3.37. The number of carbonyl (C=O) groups is 3. The molecular weight excluding hydrogens is 384 g/mol. The highest BCUT2D eigenvalue weighted by molar-refractivity contribution is 9.10. The van der Waals surface area contributed by atoms with Gasteiger partial charge < -0.3 is 0 Å². The fraction of sp³-hybridized carbons (Fsp3) is 0.211. The van der Waals surface area contributed by atoms with Crippen LogP contribution in [-0.4, -0.2) is 29.3 Å². The summed E-state index contributed by atoms with van der Waals surface area (Å²) in [5.74, 6) is -1.17. The second-order valence-electron chi connectivity index (χ2n) is 6.12. The largest absolute Gasteiger partial charge is 0.293 e. The third kappa shape index (κ3) is 3.22. The first-order valence-corrected chi connectivity index (χ1v) is 8.71. The van der Waals surface area contributed by atoms with E-state index in [0.717, 1.165) is 9.37 Å². The molecule has 3 rings (SSSR count). The van der Waals surface area contributed by atoms with E-state index in [2.05, 4.69) is 15.9 Å². The predicted octanol–water partition coefficient (Wildman–Crippen LogP) is 3.69.